The normalized spacial score (nSPS) is 30.0. The summed E-state index contributed by atoms with van der Waals surface area (Å²) in [6.07, 6.45) is 5.71. The number of hydrogen-bond donors (Lipinski definition) is 0. The molecule has 1 nitrogen and oxygen atoms in total. The largest absolute Gasteiger partial charge is 0.377 e. The van der Waals surface area contributed by atoms with Crippen LogP contribution in [-0.4, -0.2) is 16.6 Å². The van der Waals surface area contributed by atoms with Crippen LogP contribution in [0, 0.1) is 0 Å². The Hall–Kier alpha value is 0.690. The second-order valence-electron chi connectivity index (χ2n) is 2.83. The van der Waals surface area contributed by atoms with E-state index < -0.39 is 0 Å². The zero-order chi connectivity index (χ0) is 7.40. The molecule has 0 bridgehead atoms. The summed E-state index contributed by atoms with van der Waals surface area (Å²) in [5, 5.41) is 0. The molecule has 2 atom stereocenters. The van der Waals surface area contributed by atoms with Gasteiger partial charge in [-0.15, -0.1) is 0 Å². The second-order valence-corrected chi connectivity index (χ2v) is 4.43. The zero-order valence-electron chi connectivity index (χ0n) is 6.48. The predicted octanol–water partition coefficient (Wildman–Crippen LogP) is 2.77. The molecule has 0 unspecified atom stereocenters. The van der Waals surface area contributed by atoms with Crippen molar-refractivity contribution in [2.45, 2.75) is 42.6 Å². The molecule has 1 heterocycles. The standard InChI is InChI=1S/C8H15IO/c1-2-7(9)8-5-3-4-6-10-8/h7-8H,2-6H2,1H3/t7-,8-/m1/s1. The van der Waals surface area contributed by atoms with Crippen molar-refractivity contribution in [3.8, 4) is 0 Å². The quantitative estimate of drug-likeness (QED) is 0.544. The highest BCUT2D eigenvalue weighted by molar-refractivity contribution is 14.1. The lowest BCUT2D eigenvalue weighted by atomic mass is 10.1. The number of halogens is 1. The third kappa shape index (κ3) is 2.38. The van der Waals surface area contributed by atoms with Crippen molar-refractivity contribution in [2.75, 3.05) is 6.61 Å². The van der Waals surface area contributed by atoms with E-state index in [0.29, 0.717) is 6.10 Å². The van der Waals surface area contributed by atoms with Crippen molar-refractivity contribution in [1.82, 2.24) is 0 Å². The van der Waals surface area contributed by atoms with Crippen LogP contribution >= 0.6 is 22.6 Å². The van der Waals surface area contributed by atoms with Crippen molar-refractivity contribution in [3.63, 3.8) is 0 Å². The first-order valence-electron chi connectivity index (χ1n) is 4.10. The summed E-state index contributed by atoms with van der Waals surface area (Å²) >= 11 is 2.50. The van der Waals surface area contributed by atoms with Crippen molar-refractivity contribution in [1.29, 1.82) is 0 Å². The number of alkyl halides is 1. The minimum Gasteiger partial charge on any atom is -0.377 e. The Bertz CT molecular complexity index is 89.3. The Morgan fingerprint density at radius 3 is 2.90 bits per heavy atom. The molecule has 1 fully saturated rings. The highest BCUT2D eigenvalue weighted by atomic mass is 127. The smallest absolute Gasteiger partial charge is 0.0692 e. The molecule has 2 heteroatoms. The van der Waals surface area contributed by atoms with Gasteiger partial charge in [0.2, 0.25) is 0 Å². The first kappa shape index (κ1) is 8.78. The zero-order valence-corrected chi connectivity index (χ0v) is 8.63. The fourth-order valence-electron chi connectivity index (χ4n) is 1.31. The van der Waals surface area contributed by atoms with Gasteiger partial charge in [0.25, 0.3) is 0 Å². The lowest BCUT2D eigenvalue weighted by Gasteiger charge is -2.26. The van der Waals surface area contributed by atoms with Crippen LogP contribution in [0.15, 0.2) is 0 Å². The van der Waals surface area contributed by atoms with E-state index in [1.165, 1.54) is 25.7 Å². The van der Waals surface area contributed by atoms with Gasteiger partial charge in [0.15, 0.2) is 0 Å². The third-order valence-corrected chi connectivity index (χ3v) is 3.69. The van der Waals surface area contributed by atoms with Crippen molar-refractivity contribution in [3.05, 3.63) is 0 Å². The van der Waals surface area contributed by atoms with Crippen molar-refractivity contribution >= 4 is 22.6 Å². The lowest BCUT2D eigenvalue weighted by Crippen LogP contribution is -2.27. The summed E-state index contributed by atoms with van der Waals surface area (Å²) in [5.41, 5.74) is 0. The molecule has 60 valence electrons. The highest BCUT2D eigenvalue weighted by Crippen LogP contribution is 2.22. The Labute approximate surface area is 76.7 Å². The van der Waals surface area contributed by atoms with E-state index in [2.05, 4.69) is 29.5 Å². The van der Waals surface area contributed by atoms with Gasteiger partial charge in [0, 0.05) is 10.5 Å². The monoisotopic (exact) mass is 254 g/mol. The average Bonchev–Trinajstić information content (AvgIpc) is 2.05. The average molecular weight is 254 g/mol. The summed E-state index contributed by atoms with van der Waals surface area (Å²) in [6, 6.07) is 0. The molecule has 0 spiro atoms. The molecule has 1 aliphatic rings. The molecule has 0 aromatic heterocycles. The van der Waals surface area contributed by atoms with Gasteiger partial charge in [-0.3, -0.25) is 0 Å². The Morgan fingerprint density at radius 1 is 1.60 bits per heavy atom. The first-order chi connectivity index (χ1) is 4.84. The maximum Gasteiger partial charge on any atom is 0.0692 e. The summed E-state index contributed by atoms with van der Waals surface area (Å²) in [7, 11) is 0. The van der Waals surface area contributed by atoms with Gasteiger partial charge in [-0.25, -0.2) is 0 Å². The minimum atomic E-state index is 0.555. The molecular weight excluding hydrogens is 239 g/mol. The van der Waals surface area contributed by atoms with Crippen LogP contribution < -0.4 is 0 Å². The molecule has 0 aromatic rings. The molecule has 0 amide bonds. The number of rotatable bonds is 2. The maximum atomic E-state index is 5.62. The molecule has 0 radical (unpaired) electrons. The SMILES string of the molecule is CC[C@@H](I)[C@H]1CCCCO1. The topological polar surface area (TPSA) is 9.23 Å². The predicted molar refractivity (Wildman–Crippen MR) is 51.7 cm³/mol. The molecule has 1 rings (SSSR count). The van der Waals surface area contributed by atoms with Gasteiger partial charge >= 0.3 is 0 Å². The van der Waals surface area contributed by atoms with E-state index in [9.17, 15) is 0 Å². The molecule has 0 aliphatic carbocycles. The second kappa shape index (κ2) is 4.54. The van der Waals surface area contributed by atoms with Gasteiger partial charge < -0.3 is 4.74 Å². The van der Waals surface area contributed by atoms with Crippen LogP contribution in [0.4, 0.5) is 0 Å². The molecule has 0 saturated carbocycles. The fourth-order valence-corrected chi connectivity index (χ4v) is 1.88. The molecule has 1 saturated heterocycles. The van der Waals surface area contributed by atoms with E-state index in [0.717, 1.165) is 10.5 Å². The molecule has 10 heavy (non-hydrogen) atoms. The van der Waals surface area contributed by atoms with Crippen molar-refractivity contribution < 1.29 is 4.74 Å². The molecule has 0 N–H and O–H groups in total. The van der Waals surface area contributed by atoms with Crippen LogP contribution in [0.2, 0.25) is 0 Å². The van der Waals surface area contributed by atoms with E-state index >= 15 is 0 Å². The molecule has 0 aromatic carbocycles. The van der Waals surface area contributed by atoms with Crippen LogP contribution in [0.1, 0.15) is 32.6 Å². The van der Waals surface area contributed by atoms with Crippen LogP contribution in [0.25, 0.3) is 0 Å². The van der Waals surface area contributed by atoms with Gasteiger partial charge in [-0.2, -0.15) is 0 Å². The van der Waals surface area contributed by atoms with Gasteiger partial charge in [0.05, 0.1) is 6.10 Å². The Kier molecular flexibility index (Phi) is 3.99. The molecular formula is C8H15IO. The Balaban J connectivity index is 2.24. The van der Waals surface area contributed by atoms with E-state index in [1.54, 1.807) is 0 Å². The lowest BCUT2D eigenvalue weighted by molar-refractivity contribution is 0.0175. The number of ether oxygens (including phenoxy) is 1. The maximum absolute atomic E-state index is 5.62. The summed E-state index contributed by atoms with van der Waals surface area (Å²) in [4.78, 5) is 0. The van der Waals surface area contributed by atoms with Crippen molar-refractivity contribution in [2.24, 2.45) is 0 Å². The highest BCUT2D eigenvalue weighted by Gasteiger charge is 2.19. The summed E-state index contributed by atoms with van der Waals surface area (Å²) in [5.74, 6) is 0. The third-order valence-electron chi connectivity index (χ3n) is 2.01. The van der Waals surface area contributed by atoms with E-state index in [1.807, 2.05) is 0 Å². The Morgan fingerprint density at radius 2 is 2.40 bits per heavy atom. The minimum absolute atomic E-state index is 0.555. The fraction of sp³-hybridized carbons (Fsp3) is 1.00. The van der Waals surface area contributed by atoms with Gasteiger partial charge in [-0.1, -0.05) is 29.5 Å². The molecule has 1 aliphatic heterocycles. The summed E-state index contributed by atoms with van der Waals surface area (Å²) in [6.45, 7) is 3.22. The number of hydrogen-bond acceptors (Lipinski definition) is 1. The van der Waals surface area contributed by atoms with Crippen LogP contribution in [0.3, 0.4) is 0 Å². The summed E-state index contributed by atoms with van der Waals surface area (Å²) < 4.78 is 6.36. The van der Waals surface area contributed by atoms with E-state index in [4.69, 9.17) is 4.74 Å². The van der Waals surface area contributed by atoms with Crippen LogP contribution in [-0.2, 0) is 4.74 Å². The van der Waals surface area contributed by atoms with E-state index in [-0.39, 0.29) is 0 Å². The van der Waals surface area contributed by atoms with Crippen LogP contribution in [0.5, 0.6) is 0 Å². The first-order valence-corrected chi connectivity index (χ1v) is 5.35. The van der Waals surface area contributed by atoms with Gasteiger partial charge in [-0.05, 0) is 25.7 Å². The van der Waals surface area contributed by atoms with Gasteiger partial charge in [0.1, 0.15) is 0 Å².